The van der Waals surface area contributed by atoms with Gasteiger partial charge in [-0.05, 0) is 22.1 Å². The fraction of sp³-hybridized carbons (Fsp3) is 1.00. The Morgan fingerprint density at radius 2 is 2.79 bits per heavy atom. The minimum atomic E-state index is -2.29. The third kappa shape index (κ3) is 4.92. The van der Waals surface area contributed by atoms with Gasteiger partial charge in [-0.1, -0.05) is 0 Å². The van der Waals surface area contributed by atoms with E-state index < -0.39 is 13.5 Å². The van der Waals surface area contributed by atoms with Crippen LogP contribution in [0.5, 0.6) is 0 Å². The highest BCUT2D eigenvalue weighted by Gasteiger charge is 2.22. The van der Waals surface area contributed by atoms with Crippen molar-refractivity contribution in [3.05, 3.63) is 0 Å². The van der Waals surface area contributed by atoms with E-state index >= 15 is 0 Å². The molecule has 2 nitrogen and oxygen atoms in total. The Morgan fingerprint density at radius 3 is 3.50 bits per heavy atom. The van der Waals surface area contributed by atoms with Gasteiger partial charge in [0.15, 0.2) is 7.05 Å². The summed E-state index contributed by atoms with van der Waals surface area (Å²) in [5.74, 6) is 0. The quantitative estimate of drug-likeness (QED) is 0.519. The molecular formula is C7H15BF2NOPS. The first-order valence-corrected chi connectivity index (χ1v) is 7.00. The third-order valence-corrected chi connectivity index (χ3v) is 3.22. The zero-order chi connectivity index (χ0) is 12.0. The molecule has 1 aliphatic heterocycles. The first-order valence-electron chi connectivity index (χ1n) is 5.64. The molecule has 0 N–H and O–H groups in total. The van der Waals surface area contributed by atoms with Crippen molar-refractivity contribution in [1.82, 2.24) is 4.90 Å². The molecule has 82 valence electrons. The summed E-state index contributed by atoms with van der Waals surface area (Å²) in [5.41, 5.74) is 0. The molecule has 0 aliphatic carbocycles. The van der Waals surface area contributed by atoms with Gasteiger partial charge in [-0.25, -0.2) is 8.78 Å². The van der Waals surface area contributed by atoms with Gasteiger partial charge >= 0.3 is 0 Å². The van der Waals surface area contributed by atoms with E-state index in [2.05, 4.69) is 0 Å². The Morgan fingerprint density at radius 1 is 1.93 bits per heavy atom. The fourth-order valence-corrected chi connectivity index (χ4v) is 2.53. The fourth-order valence-electron chi connectivity index (χ4n) is 1.57. The molecule has 0 bridgehead atoms. The average molecular weight is 244 g/mol. The zero-order valence-electron chi connectivity index (χ0n) is 9.79. The standard InChI is InChI=1S/C7H15BF2NOPS/c8-14-13-12-6-2-1-3-11(4-6)5-7(9)10/h6-7,13H,1-5,8H2/i8TD. The second kappa shape index (κ2) is 6.99. The van der Waals surface area contributed by atoms with Crippen molar-refractivity contribution in [3.8, 4) is 0 Å². The Bertz CT molecular complexity index is 209. The van der Waals surface area contributed by atoms with E-state index in [1.807, 2.05) is 0 Å². The molecule has 2 unspecified atom stereocenters. The molecule has 2 atom stereocenters. The Hall–Kier alpha value is 0.625. The Labute approximate surface area is 92.8 Å². The van der Waals surface area contributed by atoms with Crippen molar-refractivity contribution < 1.29 is 13.3 Å². The highest BCUT2D eigenvalue weighted by Crippen LogP contribution is 2.30. The minimum Gasteiger partial charge on any atom is -0.348 e. The highest BCUT2D eigenvalue weighted by atomic mass is 32.7. The monoisotopic (exact) mass is 244 g/mol. The molecule has 1 heterocycles. The lowest BCUT2D eigenvalue weighted by Crippen LogP contribution is -2.41. The van der Waals surface area contributed by atoms with E-state index in [0.29, 0.717) is 13.1 Å². The Balaban J connectivity index is 2.17. The molecule has 1 fully saturated rings. The van der Waals surface area contributed by atoms with Gasteiger partial charge in [-0.15, -0.1) is 0 Å². The third-order valence-electron chi connectivity index (χ3n) is 2.12. The SMILES string of the molecule is [2H]B([3H])SPOC1CCCN(CC(F)F)C1. The molecule has 0 spiro atoms. The zero-order valence-corrected chi connectivity index (χ0v) is 9.60. The molecule has 7 heteroatoms. The number of halogens is 2. The lowest BCUT2D eigenvalue weighted by Gasteiger charge is -2.31. The van der Waals surface area contributed by atoms with E-state index in [1.54, 1.807) is 4.90 Å². The van der Waals surface area contributed by atoms with Crippen LogP contribution in [0.3, 0.4) is 0 Å². The summed E-state index contributed by atoms with van der Waals surface area (Å²) < 4.78 is 43.8. The number of nitrogens with zero attached hydrogens (tertiary/aromatic N) is 1. The summed E-state index contributed by atoms with van der Waals surface area (Å²) in [6, 6.07) is 0. The first kappa shape index (κ1) is 9.82. The van der Waals surface area contributed by atoms with Crippen LogP contribution in [0, 0.1) is 0 Å². The van der Waals surface area contributed by atoms with E-state index in [9.17, 15) is 8.78 Å². The van der Waals surface area contributed by atoms with Gasteiger partial charge < -0.3 is 4.52 Å². The van der Waals surface area contributed by atoms with Crippen LogP contribution in [0.1, 0.15) is 12.8 Å². The molecule has 0 radical (unpaired) electrons. The summed E-state index contributed by atoms with van der Waals surface area (Å²) in [6.45, 7) is 1.06. The van der Waals surface area contributed by atoms with Crippen LogP contribution in [0.4, 0.5) is 8.78 Å². The van der Waals surface area contributed by atoms with Crippen molar-refractivity contribution in [1.29, 1.82) is 2.67 Å². The van der Waals surface area contributed by atoms with E-state index in [-0.39, 0.29) is 20.7 Å². The number of alkyl halides is 2. The number of hydrogen-bond acceptors (Lipinski definition) is 3. The van der Waals surface area contributed by atoms with Gasteiger partial charge in [0.25, 0.3) is 6.43 Å². The van der Waals surface area contributed by atoms with Crippen LogP contribution in [0.25, 0.3) is 0 Å². The van der Waals surface area contributed by atoms with Crippen molar-refractivity contribution in [2.75, 3.05) is 19.6 Å². The van der Waals surface area contributed by atoms with Crippen molar-refractivity contribution >= 4 is 26.3 Å². The summed E-state index contributed by atoms with van der Waals surface area (Å²) in [6.07, 6.45) is -0.551. The van der Waals surface area contributed by atoms with Crippen LogP contribution in [0.2, 0.25) is 0 Å². The predicted octanol–water partition coefficient (Wildman–Crippen LogP) is 1.52. The van der Waals surface area contributed by atoms with Crippen LogP contribution >= 0.6 is 19.2 Å². The predicted molar refractivity (Wildman–Crippen MR) is 61.0 cm³/mol. The maximum atomic E-state index is 12.2. The number of rotatable bonds is 6. The second-order valence-corrected chi connectivity index (χ2v) is 5.08. The van der Waals surface area contributed by atoms with Gasteiger partial charge in [-0.3, -0.25) is 4.90 Å². The topological polar surface area (TPSA) is 12.5 Å². The van der Waals surface area contributed by atoms with Gasteiger partial charge in [-0.2, -0.15) is 11.2 Å². The van der Waals surface area contributed by atoms with Crippen LogP contribution in [-0.4, -0.2) is 46.8 Å². The lowest BCUT2D eigenvalue weighted by atomic mass is 10.1. The first-order chi connectivity index (χ1) is 7.58. The van der Waals surface area contributed by atoms with E-state index in [0.717, 1.165) is 24.1 Å². The number of piperidine rings is 1. The van der Waals surface area contributed by atoms with Gasteiger partial charge in [0.2, 0.25) is 0 Å². The van der Waals surface area contributed by atoms with Crippen molar-refractivity contribution in [2.45, 2.75) is 25.4 Å². The second-order valence-electron chi connectivity index (χ2n) is 3.23. The van der Waals surface area contributed by atoms with Crippen LogP contribution < -0.4 is 0 Å². The maximum Gasteiger partial charge on any atom is 0.251 e. The minimum absolute atomic E-state index is 0.0166. The van der Waals surface area contributed by atoms with Gasteiger partial charge in [0.05, 0.1) is 20.7 Å². The Kier molecular flexibility index (Phi) is 4.91. The molecule has 14 heavy (non-hydrogen) atoms. The molecule has 1 aliphatic rings. The molecule has 1 saturated heterocycles. The molecular weight excluding hydrogens is 226 g/mol. The highest BCUT2D eigenvalue weighted by molar-refractivity contribution is 8.59. The van der Waals surface area contributed by atoms with Crippen LogP contribution in [-0.2, 0) is 4.52 Å². The van der Waals surface area contributed by atoms with E-state index in [1.165, 1.54) is 0 Å². The number of likely N-dealkylation sites (tertiary alicyclic amines) is 1. The van der Waals surface area contributed by atoms with Crippen LogP contribution in [0.15, 0.2) is 0 Å². The molecule has 0 saturated carbocycles. The molecule has 0 amide bonds. The van der Waals surface area contributed by atoms with Crippen molar-refractivity contribution in [2.24, 2.45) is 0 Å². The smallest absolute Gasteiger partial charge is 0.251 e. The van der Waals surface area contributed by atoms with E-state index in [4.69, 9.17) is 7.20 Å². The summed E-state index contributed by atoms with van der Waals surface area (Å²) in [4.78, 5) is 1.72. The molecule has 0 aromatic heterocycles. The molecule has 1 rings (SSSR count). The van der Waals surface area contributed by atoms with Gasteiger partial charge in [0.1, 0.15) is 0 Å². The van der Waals surface area contributed by atoms with Gasteiger partial charge in [0, 0.05) is 6.54 Å². The average Bonchev–Trinajstić information content (AvgIpc) is 2.16. The largest absolute Gasteiger partial charge is 0.348 e. The number of hydrogen-bond donors (Lipinski definition) is 0. The summed E-state index contributed by atoms with van der Waals surface area (Å²) >= 11 is 1.11. The molecule has 0 aromatic carbocycles. The maximum absolute atomic E-state index is 12.2. The summed E-state index contributed by atoms with van der Waals surface area (Å²) in [7, 11) is -0.875. The normalized spacial score (nSPS) is 26.9. The molecule has 0 aromatic rings. The summed E-state index contributed by atoms with van der Waals surface area (Å²) in [5, 5.41) is 0. The van der Waals surface area contributed by atoms with Crippen molar-refractivity contribution in [3.63, 3.8) is 0 Å². The lowest BCUT2D eigenvalue weighted by molar-refractivity contribution is 0.0440.